The van der Waals surface area contributed by atoms with Crippen LogP contribution in [0.1, 0.15) is 51.3 Å². The number of hydrogen-bond donors (Lipinski definition) is 1. The van der Waals surface area contributed by atoms with Crippen LogP contribution in [-0.2, 0) is 35.0 Å². The van der Waals surface area contributed by atoms with Crippen LogP contribution < -0.4 is 10.1 Å². The van der Waals surface area contributed by atoms with Crippen LogP contribution in [0, 0.1) is 5.92 Å². The Morgan fingerprint density at radius 1 is 1.10 bits per heavy atom. The minimum absolute atomic E-state index is 0.118. The van der Waals surface area contributed by atoms with Crippen LogP contribution in [-0.4, -0.2) is 74.8 Å². The molecule has 0 unspecified atom stereocenters. The van der Waals surface area contributed by atoms with Gasteiger partial charge < -0.3 is 24.3 Å². The Hall–Kier alpha value is -3.66. The lowest BCUT2D eigenvalue weighted by atomic mass is 9.92. The zero-order valence-corrected chi connectivity index (χ0v) is 24.1. The molecular formula is C29H42N2O8. The van der Waals surface area contributed by atoms with Crippen LogP contribution in [0.4, 0.5) is 4.79 Å². The Bertz CT molecular complexity index is 1030. The summed E-state index contributed by atoms with van der Waals surface area (Å²) < 4.78 is 21.0. The van der Waals surface area contributed by atoms with Crippen molar-refractivity contribution in [2.75, 3.05) is 34.5 Å². The van der Waals surface area contributed by atoms with E-state index in [1.165, 1.54) is 25.1 Å². The fraction of sp³-hybridized carbons (Fsp3) is 0.517. The molecule has 1 N–H and O–H groups in total. The Morgan fingerprint density at radius 3 is 2.31 bits per heavy atom. The summed E-state index contributed by atoms with van der Waals surface area (Å²) in [4.78, 5) is 52.9. The van der Waals surface area contributed by atoms with E-state index in [0.717, 1.165) is 5.56 Å². The molecule has 0 radical (unpaired) electrons. The highest BCUT2D eigenvalue weighted by Gasteiger charge is 2.34. The lowest BCUT2D eigenvalue weighted by molar-refractivity contribution is -0.147. The predicted molar refractivity (Wildman–Crippen MR) is 147 cm³/mol. The first kappa shape index (κ1) is 33.4. The van der Waals surface area contributed by atoms with Crippen molar-refractivity contribution in [3.8, 4) is 5.75 Å². The molecule has 39 heavy (non-hydrogen) atoms. The van der Waals surface area contributed by atoms with Crippen LogP contribution in [0.15, 0.2) is 43.5 Å². The second-order valence-corrected chi connectivity index (χ2v) is 10.0. The number of Topliss-reactive ketones (excluding diaryl/α,β-unsaturated/α-hetero) is 1. The monoisotopic (exact) mass is 546 g/mol. The summed E-state index contributed by atoms with van der Waals surface area (Å²) >= 11 is 0. The number of benzene rings is 1. The van der Waals surface area contributed by atoms with Crippen molar-refractivity contribution in [2.24, 2.45) is 5.92 Å². The van der Waals surface area contributed by atoms with Crippen LogP contribution >= 0.6 is 0 Å². The summed E-state index contributed by atoms with van der Waals surface area (Å²) in [7, 11) is 4.22. The highest BCUT2D eigenvalue weighted by molar-refractivity contribution is 5.93. The molecule has 0 saturated heterocycles. The first-order valence-electron chi connectivity index (χ1n) is 12.6. The Balaban J connectivity index is 3.27. The number of ether oxygens (including phenoxy) is 4. The van der Waals surface area contributed by atoms with Crippen LogP contribution in [0.3, 0.4) is 0 Å². The average molecular weight is 547 g/mol. The third-order valence-corrected chi connectivity index (χ3v) is 5.64. The molecule has 0 aliphatic carbocycles. The standard InChI is InChI=1S/C29H42N2O8/c1-10-12-20-17-21(13-14-24(20)36-8)25(31(7)28(35)39-29(4,5)6)23(32)16-19(3)26(33)30-22(27(34)37-9)18-38-15-11-2/h10-11,13-14,17,19,22,25H,1-2,12,15-16,18H2,3-9H3,(H,30,33)/t19-,22+,25+/m1/s1. The van der Waals surface area contributed by atoms with Gasteiger partial charge in [0, 0.05) is 19.4 Å². The molecule has 1 aromatic carbocycles. The van der Waals surface area contributed by atoms with E-state index in [4.69, 9.17) is 18.9 Å². The summed E-state index contributed by atoms with van der Waals surface area (Å²) in [6.07, 6.45) is 2.80. The summed E-state index contributed by atoms with van der Waals surface area (Å²) in [5.41, 5.74) is 0.534. The molecule has 0 heterocycles. The fourth-order valence-corrected chi connectivity index (χ4v) is 3.75. The number of hydrogen-bond acceptors (Lipinski definition) is 8. The van der Waals surface area contributed by atoms with Gasteiger partial charge in [-0.15, -0.1) is 13.2 Å². The summed E-state index contributed by atoms with van der Waals surface area (Å²) in [5.74, 6) is -1.82. The molecule has 216 valence electrons. The number of methoxy groups -OCH3 is 2. The van der Waals surface area contributed by atoms with Gasteiger partial charge in [0.2, 0.25) is 5.91 Å². The number of esters is 1. The van der Waals surface area contributed by atoms with Crippen molar-refractivity contribution < 1.29 is 38.1 Å². The molecule has 2 amide bonds. The van der Waals surface area contributed by atoms with E-state index in [0.29, 0.717) is 17.7 Å². The number of carbonyl (C=O) groups excluding carboxylic acids is 4. The maximum absolute atomic E-state index is 13.7. The van der Waals surface area contributed by atoms with E-state index in [2.05, 4.69) is 18.5 Å². The largest absolute Gasteiger partial charge is 0.496 e. The maximum atomic E-state index is 13.7. The van der Waals surface area contributed by atoms with Gasteiger partial charge in [-0.2, -0.15) is 0 Å². The topological polar surface area (TPSA) is 120 Å². The smallest absolute Gasteiger partial charge is 0.410 e. The van der Waals surface area contributed by atoms with Gasteiger partial charge >= 0.3 is 12.1 Å². The van der Waals surface area contributed by atoms with Gasteiger partial charge in [0.1, 0.15) is 17.4 Å². The van der Waals surface area contributed by atoms with Gasteiger partial charge in [0.25, 0.3) is 0 Å². The predicted octanol–water partition coefficient (Wildman–Crippen LogP) is 3.79. The first-order valence-corrected chi connectivity index (χ1v) is 12.6. The molecule has 3 atom stereocenters. The summed E-state index contributed by atoms with van der Waals surface area (Å²) in [5, 5.41) is 2.58. The molecule has 0 bridgehead atoms. The molecular weight excluding hydrogens is 504 g/mol. The quantitative estimate of drug-likeness (QED) is 0.200. The molecule has 0 aliphatic heterocycles. The van der Waals surface area contributed by atoms with Crippen molar-refractivity contribution in [1.82, 2.24) is 10.2 Å². The number of carbonyl (C=O) groups is 4. The van der Waals surface area contributed by atoms with E-state index in [-0.39, 0.29) is 19.6 Å². The second kappa shape index (κ2) is 15.7. The molecule has 0 spiro atoms. The van der Waals surface area contributed by atoms with Crippen LogP contribution in [0.2, 0.25) is 0 Å². The average Bonchev–Trinajstić information content (AvgIpc) is 2.87. The molecule has 0 saturated carbocycles. The van der Waals surface area contributed by atoms with Crippen molar-refractivity contribution in [2.45, 2.75) is 58.2 Å². The Labute approximate surface area is 231 Å². The first-order chi connectivity index (χ1) is 18.3. The zero-order valence-electron chi connectivity index (χ0n) is 24.1. The fourth-order valence-electron chi connectivity index (χ4n) is 3.75. The molecule has 0 fully saturated rings. The van der Waals surface area contributed by atoms with E-state index >= 15 is 0 Å². The Morgan fingerprint density at radius 2 is 1.77 bits per heavy atom. The van der Waals surface area contributed by atoms with Crippen molar-refractivity contribution >= 4 is 23.8 Å². The number of amides is 2. The molecule has 10 nitrogen and oxygen atoms in total. The molecule has 10 heteroatoms. The number of ketones is 1. The number of likely N-dealkylation sites (N-methyl/N-ethyl adjacent to an activating group) is 1. The van der Waals surface area contributed by atoms with Gasteiger partial charge in [0.15, 0.2) is 11.8 Å². The highest BCUT2D eigenvalue weighted by Crippen LogP contribution is 2.30. The zero-order chi connectivity index (χ0) is 29.8. The number of rotatable bonds is 15. The van der Waals surface area contributed by atoms with Gasteiger partial charge in [0.05, 0.1) is 27.4 Å². The third-order valence-electron chi connectivity index (χ3n) is 5.64. The van der Waals surface area contributed by atoms with E-state index < -0.39 is 47.4 Å². The van der Waals surface area contributed by atoms with Gasteiger partial charge in [-0.3, -0.25) is 14.5 Å². The molecule has 1 rings (SSSR count). The van der Waals surface area contributed by atoms with Gasteiger partial charge in [-0.25, -0.2) is 9.59 Å². The minimum atomic E-state index is -1.05. The normalized spacial score (nSPS) is 13.3. The van der Waals surface area contributed by atoms with Crippen LogP contribution in [0.5, 0.6) is 5.75 Å². The number of nitrogens with one attached hydrogen (secondary N) is 1. The SMILES string of the molecule is C=CCOC[C@H](NC(=O)[C@H](C)CC(=O)[C@H](c1ccc(OC)c(CC=C)c1)N(C)C(=O)OC(C)(C)C)C(=O)OC. The molecule has 1 aromatic rings. The number of nitrogens with zero attached hydrogens (tertiary/aromatic N) is 1. The summed E-state index contributed by atoms with van der Waals surface area (Å²) in [6, 6.07) is 3.10. The minimum Gasteiger partial charge on any atom is -0.496 e. The lowest BCUT2D eigenvalue weighted by Crippen LogP contribution is -2.47. The van der Waals surface area contributed by atoms with Crippen molar-refractivity contribution in [3.05, 3.63) is 54.6 Å². The van der Waals surface area contributed by atoms with Gasteiger partial charge in [-0.1, -0.05) is 25.1 Å². The second-order valence-electron chi connectivity index (χ2n) is 10.0. The number of allylic oxidation sites excluding steroid dienone is 1. The van der Waals surface area contributed by atoms with E-state index in [1.54, 1.807) is 59.1 Å². The van der Waals surface area contributed by atoms with E-state index in [9.17, 15) is 19.2 Å². The van der Waals surface area contributed by atoms with Crippen LogP contribution in [0.25, 0.3) is 0 Å². The highest BCUT2D eigenvalue weighted by atomic mass is 16.6. The molecule has 0 aliphatic rings. The van der Waals surface area contributed by atoms with Crippen molar-refractivity contribution in [1.29, 1.82) is 0 Å². The van der Waals surface area contributed by atoms with Gasteiger partial charge in [-0.05, 0) is 50.5 Å². The lowest BCUT2D eigenvalue weighted by Gasteiger charge is -2.31. The third kappa shape index (κ3) is 10.6. The summed E-state index contributed by atoms with van der Waals surface area (Å²) in [6.45, 7) is 14.1. The Kier molecular flexibility index (Phi) is 13.4. The maximum Gasteiger partial charge on any atom is 0.410 e. The van der Waals surface area contributed by atoms with Crippen molar-refractivity contribution in [3.63, 3.8) is 0 Å². The molecule has 0 aromatic heterocycles. The van der Waals surface area contributed by atoms with E-state index in [1.807, 2.05) is 0 Å².